The van der Waals surface area contributed by atoms with Gasteiger partial charge in [-0.15, -0.1) is 0 Å². The summed E-state index contributed by atoms with van der Waals surface area (Å²) >= 11 is 0. The first-order chi connectivity index (χ1) is 14.6. The average molecular weight is 447 g/mol. The van der Waals surface area contributed by atoms with Crippen LogP contribution in [0, 0.1) is 25.7 Å². The Morgan fingerprint density at radius 3 is 2.39 bits per heavy atom. The van der Waals surface area contributed by atoms with Crippen molar-refractivity contribution in [2.24, 2.45) is 11.8 Å². The number of carboxylic acids is 1. The summed E-state index contributed by atoms with van der Waals surface area (Å²) < 4.78 is 43.0. The van der Waals surface area contributed by atoms with E-state index >= 15 is 0 Å². The number of aromatic nitrogens is 1. The predicted octanol–water partition coefficient (Wildman–Crippen LogP) is 2.38. The van der Waals surface area contributed by atoms with Gasteiger partial charge >= 0.3 is 12.1 Å². The van der Waals surface area contributed by atoms with Gasteiger partial charge in [-0.3, -0.25) is 9.69 Å². The van der Waals surface area contributed by atoms with E-state index in [4.69, 9.17) is 19.2 Å². The number of nitrogens with zero attached hydrogens (tertiary/aromatic N) is 3. The molecule has 0 aliphatic carbocycles. The van der Waals surface area contributed by atoms with Crippen molar-refractivity contribution < 1.29 is 37.1 Å². The van der Waals surface area contributed by atoms with E-state index in [2.05, 4.69) is 15.0 Å². The van der Waals surface area contributed by atoms with Gasteiger partial charge in [0.2, 0.25) is 5.91 Å². The van der Waals surface area contributed by atoms with E-state index in [0.29, 0.717) is 11.8 Å². The van der Waals surface area contributed by atoms with Gasteiger partial charge in [-0.1, -0.05) is 5.16 Å². The maximum absolute atomic E-state index is 13.0. The third-order valence-corrected chi connectivity index (χ3v) is 6.21. The van der Waals surface area contributed by atoms with Crippen LogP contribution in [0.4, 0.5) is 13.2 Å². The Labute approximate surface area is 178 Å². The van der Waals surface area contributed by atoms with Crippen LogP contribution in [0.2, 0.25) is 0 Å². The lowest BCUT2D eigenvalue weighted by Crippen LogP contribution is -2.52. The Balaban J connectivity index is 0.000000339. The number of hydrogen-bond acceptors (Lipinski definition) is 6. The van der Waals surface area contributed by atoms with Crippen LogP contribution in [-0.4, -0.2) is 77.0 Å². The molecule has 3 aliphatic heterocycles. The Hall–Kier alpha value is -2.14. The summed E-state index contributed by atoms with van der Waals surface area (Å²) in [6.07, 6.45) is -1.58. The van der Waals surface area contributed by atoms with Gasteiger partial charge in [0.15, 0.2) is 0 Å². The van der Waals surface area contributed by atoms with Crippen molar-refractivity contribution in [2.45, 2.75) is 51.9 Å². The molecule has 1 N–H and O–H groups in total. The fraction of sp³-hybridized carbons (Fsp3) is 0.750. The number of carbonyl (C=O) groups is 2. The minimum Gasteiger partial charge on any atom is -0.475 e. The molecule has 3 aliphatic rings. The molecule has 0 bridgehead atoms. The van der Waals surface area contributed by atoms with Crippen LogP contribution in [0.25, 0.3) is 0 Å². The summed E-state index contributed by atoms with van der Waals surface area (Å²) in [6, 6.07) is 0. The molecule has 11 heteroatoms. The quantitative estimate of drug-likeness (QED) is 0.760. The molecular formula is C20H28F3N3O5. The van der Waals surface area contributed by atoms with Crippen molar-refractivity contribution in [1.29, 1.82) is 0 Å². The summed E-state index contributed by atoms with van der Waals surface area (Å²) in [5.41, 5.74) is 2.10. The van der Waals surface area contributed by atoms with Crippen LogP contribution in [0.3, 0.4) is 0 Å². The lowest BCUT2D eigenvalue weighted by Gasteiger charge is -2.40. The number of ether oxygens (including phenoxy) is 1. The highest BCUT2D eigenvalue weighted by Crippen LogP contribution is 2.36. The van der Waals surface area contributed by atoms with Crippen molar-refractivity contribution in [3.63, 3.8) is 0 Å². The van der Waals surface area contributed by atoms with Gasteiger partial charge in [-0.25, -0.2) is 4.79 Å². The van der Waals surface area contributed by atoms with Gasteiger partial charge in [-0.05, 0) is 33.1 Å². The fourth-order valence-corrected chi connectivity index (χ4v) is 4.57. The van der Waals surface area contributed by atoms with Crippen molar-refractivity contribution in [2.75, 3.05) is 32.8 Å². The van der Waals surface area contributed by atoms with Gasteiger partial charge < -0.3 is 19.3 Å². The van der Waals surface area contributed by atoms with E-state index < -0.39 is 12.1 Å². The van der Waals surface area contributed by atoms with E-state index in [1.165, 1.54) is 0 Å². The van der Waals surface area contributed by atoms with E-state index in [9.17, 15) is 18.0 Å². The molecule has 1 aromatic heterocycles. The van der Waals surface area contributed by atoms with Gasteiger partial charge in [-0.2, -0.15) is 13.2 Å². The molecule has 0 saturated carbocycles. The summed E-state index contributed by atoms with van der Waals surface area (Å²) in [6.45, 7) is 9.10. The SMILES string of the molecule is Cc1noc(C)c1CN1C[C@H]2OCC[C@H]2[C@H](C(=O)N2CCCC2)C1.O=C(O)C(F)(F)F. The van der Waals surface area contributed by atoms with Crippen molar-refractivity contribution in [3.8, 4) is 0 Å². The number of carbonyl (C=O) groups excluding carboxylic acids is 1. The smallest absolute Gasteiger partial charge is 0.475 e. The maximum atomic E-state index is 13.0. The fourth-order valence-electron chi connectivity index (χ4n) is 4.57. The zero-order chi connectivity index (χ0) is 22.8. The zero-order valence-corrected chi connectivity index (χ0v) is 17.7. The minimum atomic E-state index is -5.08. The Morgan fingerprint density at radius 2 is 1.84 bits per heavy atom. The highest BCUT2D eigenvalue weighted by atomic mass is 19.4. The highest BCUT2D eigenvalue weighted by Gasteiger charge is 2.45. The standard InChI is InChI=1S/C18H27N3O3.C2HF3O2/c1-12-15(13(2)24-19-12)9-20-10-16(14-5-8-23-17(14)11-20)18(22)21-6-3-4-7-21;3-2(4,5)1(6)7/h14,16-17H,3-11H2,1-2H3;(H,6,7)/t14-,16+,17+;/m0./s1. The lowest BCUT2D eigenvalue weighted by atomic mass is 9.81. The van der Waals surface area contributed by atoms with Gasteiger partial charge in [0.1, 0.15) is 5.76 Å². The zero-order valence-electron chi connectivity index (χ0n) is 17.7. The molecule has 4 heterocycles. The third kappa shape index (κ3) is 5.57. The molecule has 8 nitrogen and oxygen atoms in total. The number of aliphatic carboxylic acids is 1. The number of fused-ring (bicyclic) bond motifs is 1. The molecule has 3 atom stereocenters. The van der Waals surface area contributed by atoms with Crippen molar-refractivity contribution in [3.05, 3.63) is 17.0 Å². The van der Waals surface area contributed by atoms with E-state index in [-0.39, 0.29) is 12.0 Å². The largest absolute Gasteiger partial charge is 0.490 e. The monoisotopic (exact) mass is 447 g/mol. The number of piperidine rings is 1. The Morgan fingerprint density at radius 1 is 1.19 bits per heavy atom. The summed E-state index contributed by atoms with van der Waals surface area (Å²) in [4.78, 5) is 26.4. The second kappa shape index (κ2) is 9.56. The van der Waals surface area contributed by atoms with Crippen molar-refractivity contribution >= 4 is 11.9 Å². The molecule has 0 radical (unpaired) electrons. The highest BCUT2D eigenvalue weighted by molar-refractivity contribution is 5.80. The number of carboxylic acid groups (broad SMARTS) is 1. The normalized spacial score (nSPS) is 26.4. The van der Waals surface area contributed by atoms with E-state index in [1.807, 2.05) is 13.8 Å². The van der Waals surface area contributed by atoms with E-state index in [1.54, 1.807) is 0 Å². The topological polar surface area (TPSA) is 96.1 Å². The third-order valence-electron chi connectivity index (χ3n) is 6.21. The summed E-state index contributed by atoms with van der Waals surface area (Å²) in [5.74, 6) is -1.07. The van der Waals surface area contributed by atoms with Crippen LogP contribution in [0.1, 0.15) is 36.3 Å². The first kappa shape index (κ1) is 23.5. The number of aryl methyl sites for hydroxylation is 2. The number of amides is 1. The molecular weight excluding hydrogens is 419 g/mol. The molecule has 1 amide bonds. The summed E-state index contributed by atoms with van der Waals surface area (Å²) in [7, 11) is 0. The second-order valence-corrected chi connectivity index (χ2v) is 8.30. The number of alkyl halides is 3. The van der Waals surface area contributed by atoms with E-state index in [0.717, 1.165) is 75.6 Å². The molecule has 31 heavy (non-hydrogen) atoms. The molecule has 1 aromatic rings. The van der Waals surface area contributed by atoms with Crippen molar-refractivity contribution in [1.82, 2.24) is 15.0 Å². The minimum absolute atomic E-state index is 0.0739. The van der Waals surface area contributed by atoms with Crippen LogP contribution in [0.5, 0.6) is 0 Å². The van der Waals surface area contributed by atoms with Crippen LogP contribution in [-0.2, 0) is 20.9 Å². The number of likely N-dealkylation sites (tertiary alicyclic amines) is 2. The Kier molecular flexibility index (Phi) is 7.25. The number of rotatable bonds is 3. The predicted molar refractivity (Wildman–Crippen MR) is 102 cm³/mol. The molecule has 3 saturated heterocycles. The molecule has 3 fully saturated rings. The van der Waals surface area contributed by atoms with Gasteiger partial charge in [0.25, 0.3) is 0 Å². The molecule has 0 spiro atoms. The molecule has 4 rings (SSSR count). The number of halogens is 3. The molecule has 174 valence electrons. The van der Waals surface area contributed by atoms with Gasteiger partial charge in [0.05, 0.1) is 17.7 Å². The Bertz CT molecular complexity index is 772. The molecule has 0 aromatic carbocycles. The summed E-state index contributed by atoms with van der Waals surface area (Å²) in [5, 5.41) is 11.2. The first-order valence-corrected chi connectivity index (χ1v) is 10.4. The average Bonchev–Trinajstić information content (AvgIpc) is 3.45. The van der Waals surface area contributed by atoms with Gasteiger partial charge in [0, 0.05) is 50.8 Å². The lowest BCUT2D eigenvalue weighted by molar-refractivity contribution is -0.192. The maximum Gasteiger partial charge on any atom is 0.490 e. The van der Waals surface area contributed by atoms with Crippen LogP contribution < -0.4 is 0 Å². The number of hydrogen-bond donors (Lipinski definition) is 1. The first-order valence-electron chi connectivity index (χ1n) is 10.4. The second-order valence-electron chi connectivity index (χ2n) is 8.30. The van der Waals surface area contributed by atoms with Crippen LogP contribution >= 0.6 is 0 Å². The molecule has 0 unspecified atom stereocenters. The van der Waals surface area contributed by atoms with Crippen LogP contribution in [0.15, 0.2) is 4.52 Å².